The first-order chi connectivity index (χ1) is 8.96. The Morgan fingerprint density at radius 1 is 1.30 bits per heavy atom. The van der Waals surface area contributed by atoms with Gasteiger partial charge in [0, 0.05) is 39.4 Å². The lowest BCUT2D eigenvalue weighted by Gasteiger charge is -2.33. The van der Waals surface area contributed by atoms with E-state index in [-0.39, 0.29) is 6.54 Å². The van der Waals surface area contributed by atoms with E-state index in [2.05, 4.69) is 0 Å². The van der Waals surface area contributed by atoms with Crippen molar-refractivity contribution in [3.8, 4) is 0 Å². The Bertz CT molecular complexity index is 730. The molecule has 0 spiro atoms. The molecule has 0 unspecified atom stereocenters. The quantitative estimate of drug-likeness (QED) is 0.724. The Hall–Kier alpha value is -1.45. The molecule has 1 heterocycles. The van der Waals surface area contributed by atoms with Crippen LogP contribution in [0.1, 0.15) is 13.8 Å². The van der Waals surface area contributed by atoms with Gasteiger partial charge in [0.25, 0.3) is 5.56 Å². The molecule has 9 heteroatoms. The number of hydrogen-bond acceptors (Lipinski definition) is 5. The van der Waals surface area contributed by atoms with E-state index < -0.39 is 31.7 Å². The van der Waals surface area contributed by atoms with Gasteiger partial charge in [-0.3, -0.25) is 9.36 Å². The molecule has 1 rings (SSSR count). The van der Waals surface area contributed by atoms with Crippen LogP contribution < -0.4 is 17.0 Å². The topological polar surface area (TPSA) is 107 Å². The minimum Gasteiger partial charge on any atom is -0.329 e. The fourth-order valence-electron chi connectivity index (χ4n) is 1.55. The highest BCUT2D eigenvalue weighted by atomic mass is 32.2. The summed E-state index contributed by atoms with van der Waals surface area (Å²) < 4.78 is 27.9. The molecule has 0 atom stereocenters. The smallest absolute Gasteiger partial charge is 0.329 e. The molecule has 0 fully saturated rings. The minimum atomic E-state index is -4.04. The van der Waals surface area contributed by atoms with Gasteiger partial charge in [-0.1, -0.05) is 0 Å². The van der Waals surface area contributed by atoms with E-state index >= 15 is 0 Å². The summed E-state index contributed by atoms with van der Waals surface area (Å²) in [5.74, 6) is 0. The van der Waals surface area contributed by atoms with Crippen LogP contribution in [0.2, 0.25) is 0 Å². The molecule has 0 aromatic carbocycles. The summed E-state index contributed by atoms with van der Waals surface area (Å²) in [5, 5.41) is 0. The van der Waals surface area contributed by atoms with Crippen molar-refractivity contribution in [3.63, 3.8) is 0 Å². The van der Waals surface area contributed by atoms with Gasteiger partial charge < -0.3 is 10.3 Å². The summed E-state index contributed by atoms with van der Waals surface area (Å²) in [7, 11) is -0.0693. The number of aromatic nitrogens is 2. The van der Waals surface area contributed by atoms with Crippen LogP contribution in [0.4, 0.5) is 0 Å². The van der Waals surface area contributed by atoms with Crippen molar-refractivity contribution < 1.29 is 8.42 Å². The van der Waals surface area contributed by atoms with Crippen molar-refractivity contribution in [2.75, 3.05) is 13.6 Å². The standard InChI is InChI=1S/C11H20N4O4S/c1-11(2,7-12)15(5)20(18,19)8-6-13(3)10(17)14(4)9(8)16/h6H,7,12H2,1-5H3. The lowest BCUT2D eigenvalue weighted by Crippen LogP contribution is -2.51. The number of likely N-dealkylation sites (N-methyl/N-ethyl adjacent to an activating group) is 1. The zero-order chi connectivity index (χ0) is 15.9. The summed E-state index contributed by atoms with van der Waals surface area (Å²) in [6.45, 7) is 3.39. The molecule has 0 aliphatic carbocycles. The normalized spacial score (nSPS) is 12.9. The molecule has 0 amide bonds. The average molecular weight is 304 g/mol. The first-order valence-electron chi connectivity index (χ1n) is 5.92. The summed E-state index contributed by atoms with van der Waals surface area (Å²) in [6, 6.07) is 0. The van der Waals surface area contributed by atoms with Crippen LogP contribution in [0.15, 0.2) is 20.7 Å². The van der Waals surface area contributed by atoms with E-state index in [1.807, 2.05) is 0 Å². The Morgan fingerprint density at radius 2 is 1.80 bits per heavy atom. The van der Waals surface area contributed by atoms with Gasteiger partial charge in [-0.05, 0) is 13.8 Å². The van der Waals surface area contributed by atoms with E-state index in [0.717, 1.165) is 19.6 Å². The van der Waals surface area contributed by atoms with Crippen LogP contribution in [-0.2, 0) is 24.1 Å². The Balaban J connectivity index is 3.61. The van der Waals surface area contributed by atoms with E-state index in [1.54, 1.807) is 13.8 Å². The number of nitrogens with two attached hydrogens (primary N) is 1. The first-order valence-corrected chi connectivity index (χ1v) is 7.36. The molecule has 1 aromatic heterocycles. The van der Waals surface area contributed by atoms with Crippen molar-refractivity contribution in [2.45, 2.75) is 24.3 Å². The maximum atomic E-state index is 12.5. The minimum absolute atomic E-state index is 0.0921. The van der Waals surface area contributed by atoms with Crippen LogP contribution in [-0.4, -0.2) is 41.0 Å². The molecule has 114 valence electrons. The van der Waals surface area contributed by atoms with Crippen molar-refractivity contribution >= 4 is 10.0 Å². The third-order valence-corrected chi connectivity index (χ3v) is 5.46. The zero-order valence-electron chi connectivity index (χ0n) is 12.2. The van der Waals surface area contributed by atoms with Crippen LogP contribution in [0.25, 0.3) is 0 Å². The number of aryl methyl sites for hydroxylation is 1. The van der Waals surface area contributed by atoms with E-state index in [9.17, 15) is 18.0 Å². The maximum absolute atomic E-state index is 12.5. The SMILES string of the molecule is CN(C(C)(C)CN)S(=O)(=O)c1cn(C)c(=O)n(C)c1=O. The first kappa shape index (κ1) is 16.6. The molecule has 1 aromatic rings. The van der Waals surface area contributed by atoms with Crippen molar-refractivity contribution in [2.24, 2.45) is 19.8 Å². The zero-order valence-corrected chi connectivity index (χ0v) is 13.1. The van der Waals surface area contributed by atoms with Crippen molar-refractivity contribution in [1.29, 1.82) is 0 Å². The monoisotopic (exact) mass is 304 g/mol. The molecule has 2 N–H and O–H groups in total. The van der Waals surface area contributed by atoms with Gasteiger partial charge >= 0.3 is 5.69 Å². The second kappa shape index (κ2) is 5.15. The number of nitrogens with zero attached hydrogens (tertiary/aromatic N) is 3. The summed E-state index contributed by atoms with van der Waals surface area (Å²) in [4.78, 5) is 23.2. The third-order valence-electron chi connectivity index (χ3n) is 3.41. The number of rotatable bonds is 4. The number of sulfonamides is 1. The van der Waals surface area contributed by atoms with Crippen molar-refractivity contribution in [3.05, 3.63) is 27.0 Å². The van der Waals surface area contributed by atoms with Gasteiger partial charge in [0.15, 0.2) is 4.90 Å². The summed E-state index contributed by atoms with van der Waals surface area (Å²) >= 11 is 0. The molecule has 0 aliphatic heterocycles. The van der Waals surface area contributed by atoms with Gasteiger partial charge in [0.2, 0.25) is 10.0 Å². The van der Waals surface area contributed by atoms with Gasteiger partial charge in [-0.2, -0.15) is 4.31 Å². The highest BCUT2D eigenvalue weighted by Crippen LogP contribution is 2.19. The summed E-state index contributed by atoms with van der Waals surface area (Å²) in [6.07, 6.45) is 1.03. The van der Waals surface area contributed by atoms with Crippen molar-refractivity contribution in [1.82, 2.24) is 13.4 Å². The molecular formula is C11H20N4O4S. The lowest BCUT2D eigenvalue weighted by atomic mass is 10.1. The third kappa shape index (κ3) is 2.56. The highest BCUT2D eigenvalue weighted by molar-refractivity contribution is 7.89. The highest BCUT2D eigenvalue weighted by Gasteiger charge is 2.35. The second-order valence-electron chi connectivity index (χ2n) is 5.24. The Labute approximate surface area is 117 Å². The Kier molecular flexibility index (Phi) is 4.28. The van der Waals surface area contributed by atoms with Gasteiger partial charge in [-0.15, -0.1) is 0 Å². The molecule has 8 nitrogen and oxygen atoms in total. The van der Waals surface area contributed by atoms with Gasteiger partial charge in [-0.25, -0.2) is 13.2 Å². The summed E-state index contributed by atoms with van der Waals surface area (Å²) in [5.41, 5.74) is 3.27. The molecule has 0 saturated carbocycles. The van der Waals surface area contributed by atoms with E-state index in [0.29, 0.717) is 0 Å². The van der Waals surface area contributed by atoms with E-state index in [4.69, 9.17) is 5.73 Å². The fraction of sp³-hybridized carbons (Fsp3) is 0.636. The molecule has 0 bridgehead atoms. The molecule has 0 radical (unpaired) electrons. The average Bonchev–Trinajstić information content (AvgIpc) is 2.39. The van der Waals surface area contributed by atoms with Gasteiger partial charge in [0.1, 0.15) is 0 Å². The molecule has 0 saturated heterocycles. The second-order valence-corrected chi connectivity index (χ2v) is 7.18. The van der Waals surface area contributed by atoms with Crippen LogP contribution in [0.3, 0.4) is 0 Å². The Morgan fingerprint density at radius 3 is 2.25 bits per heavy atom. The van der Waals surface area contributed by atoms with E-state index in [1.165, 1.54) is 21.1 Å². The van der Waals surface area contributed by atoms with Crippen LogP contribution in [0, 0.1) is 0 Å². The van der Waals surface area contributed by atoms with Crippen LogP contribution in [0.5, 0.6) is 0 Å². The van der Waals surface area contributed by atoms with Gasteiger partial charge in [0.05, 0.1) is 0 Å². The largest absolute Gasteiger partial charge is 0.330 e. The van der Waals surface area contributed by atoms with Crippen LogP contribution >= 0.6 is 0 Å². The number of hydrogen-bond donors (Lipinski definition) is 1. The predicted molar refractivity (Wildman–Crippen MR) is 75.0 cm³/mol. The molecule has 0 aliphatic rings. The lowest BCUT2D eigenvalue weighted by molar-refractivity contribution is 0.273. The predicted octanol–water partition coefficient (Wildman–Crippen LogP) is -1.56. The molecular weight excluding hydrogens is 284 g/mol. The maximum Gasteiger partial charge on any atom is 0.330 e. The molecule has 20 heavy (non-hydrogen) atoms. The fourth-order valence-corrected chi connectivity index (χ4v) is 3.22.